The van der Waals surface area contributed by atoms with E-state index in [2.05, 4.69) is 33.0 Å². The van der Waals surface area contributed by atoms with Gasteiger partial charge in [0.1, 0.15) is 0 Å². The molecule has 5 heteroatoms. The van der Waals surface area contributed by atoms with Crippen molar-refractivity contribution in [3.63, 3.8) is 0 Å². The van der Waals surface area contributed by atoms with Gasteiger partial charge < -0.3 is 11.5 Å². The van der Waals surface area contributed by atoms with Crippen LogP contribution in [-0.4, -0.2) is 30.4 Å². The Hall–Kier alpha value is -0.910. The number of benzene rings is 1. The minimum absolute atomic E-state index is 0.0252. The Kier molecular flexibility index (Phi) is 4.96. The largest absolute Gasteiger partial charge is 0.369 e. The molecule has 0 saturated carbocycles. The Labute approximate surface area is 122 Å². The van der Waals surface area contributed by atoms with Crippen LogP contribution in [0.5, 0.6) is 0 Å². The summed E-state index contributed by atoms with van der Waals surface area (Å²) < 4.78 is 1.07. The summed E-state index contributed by atoms with van der Waals surface area (Å²) in [6.07, 6.45) is 1.67. The fourth-order valence-corrected chi connectivity index (χ4v) is 3.12. The van der Waals surface area contributed by atoms with Gasteiger partial charge in [0.15, 0.2) is 0 Å². The summed E-state index contributed by atoms with van der Waals surface area (Å²) in [5.74, 6) is -0.149. The fraction of sp³-hybridized carbons (Fsp3) is 0.500. The molecule has 19 heavy (non-hydrogen) atoms. The van der Waals surface area contributed by atoms with Crippen LogP contribution in [-0.2, 0) is 4.79 Å². The number of nitrogens with zero attached hydrogens (tertiary/aromatic N) is 1. The van der Waals surface area contributed by atoms with Crippen LogP contribution >= 0.6 is 15.9 Å². The van der Waals surface area contributed by atoms with Crippen molar-refractivity contribution < 1.29 is 4.79 Å². The van der Waals surface area contributed by atoms with Gasteiger partial charge in [0.05, 0.1) is 0 Å². The third-order valence-electron chi connectivity index (χ3n) is 3.83. The zero-order valence-corrected chi connectivity index (χ0v) is 12.5. The number of carbonyl (C=O) groups is 1. The SMILES string of the molecule is NCC(c1cccc(Br)c1)N1CCC(C(N)=O)CC1. The molecule has 104 valence electrons. The van der Waals surface area contributed by atoms with Crippen molar-refractivity contribution in [1.82, 2.24) is 4.90 Å². The van der Waals surface area contributed by atoms with Crippen LogP contribution in [0.2, 0.25) is 0 Å². The Morgan fingerprint density at radius 3 is 2.63 bits per heavy atom. The number of nitrogens with two attached hydrogens (primary N) is 2. The Morgan fingerprint density at radius 1 is 1.42 bits per heavy atom. The lowest BCUT2D eigenvalue weighted by Crippen LogP contribution is -2.42. The van der Waals surface area contributed by atoms with E-state index in [9.17, 15) is 4.79 Å². The highest BCUT2D eigenvalue weighted by molar-refractivity contribution is 9.10. The first-order valence-corrected chi connectivity index (χ1v) is 7.40. The molecule has 0 spiro atoms. The molecule has 1 aromatic carbocycles. The van der Waals surface area contributed by atoms with Crippen molar-refractivity contribution in [3.8, 4) is 0 Å². The van der Waals surface area contributed by atoms with Gasteiger partial charge in [0.25, 0.3) is 0 Å². The lowest BCUT2D eigenvalue weighted by Gasteiger charge is -2.36. The van der Waals surface area contributed by atoms with E-state index in [0.29, 0.717) is 6.54 Å². The van der Waals surface area contributed by atoms with Crippen LogP contribution in [0.1, 0.15) is 24.4 Å². The van der Waals surface area contributed by atoms with E-state index < -0.39 is 0 Å². The van der Waals surface area contributed by atoms with Crippen LogP contribution in [0.4, 0.5) is 0 Å². The Bertz CT molecular complexity index is 444. The third kappa shape index (κ3) is 3.55. The van der Waals surface area contributed by atoms with E-state index in [1.54, 1.807) is 0 Å². The molecule has 1 saturated heterocycles. The summed E-state index contributed by atoms with van der Waals surface area (Å²) in [7, 11) is 0. The van der Waals surface area contributed by atoms with Crippen molar-refractivity contribution in [2.75, 3.05) is 19.6 Å². The molecule has 2 rings (SSSR count). The summed E-state index contributed by atoms with van der Waals surface area (Å²) in [6.45, 7) is 2.33. The number of hydrogen-bond donors (Lipinski definition) is 2. The maximum atomic E-state index is 11.2. The van der Waals surface area contributed by atoms with Gasteiger partial charge in [-0.3, -0.25) is 9.69 Å². The minimum Gasteiger partial charge on any atom is -0.369 e. The monoisotopic (exact) mass is 325 g/mol. The minimum atomic E-state index is -0.175. The van der Waals surface area contributed by atoms with E-state index >= 15 is 0 Å². The molecule has 1 aliphatic rings. The quantitative estimate of drug-likeness (QED) is 0.884. The second-order valence-corrected chi connectivity index (χ2v) is 5.93. The lowest BCUT2D eigenvalue weighted by molar-refractivity contribution is -0.123. The first kappa shape index (κ1) is 14.5. The predicted octanol–water partition coefficient (Wildman–Crippen LogP) is 1.65. The van der Waals surface area contributed by atoms with Gasteiger partial charge in [0, 0.05) is 23.0 Å². The van der Waals surface area contributed by atoms with Gasteiger partial charge >= 0.3 is 0 Å². The predicted molar refractivity (Wildman–Crippen MR) is 79.4 cm³/mol. The molecule has 1 aliphatic heterocycles. The molecule has 4 nitrogen and oxygen atoms in total. The second-order valence-electron chi connectivity index (χ2n) is 5.02. The van der Waals surface area contributed by atoms with Crippen molar-refractivity contribution in [1.29, 1.82) is 0 Å². The Morgan fingerprint density at radius 2 is 2.11 bits per heavy atom. The van der Waals surface area contributed by atoms with E-state index in [1.165, 1.54) is 5.56 Å². The molecule has 1 heterocycles. The average Bonchev–Trinajstić information content (AvgIpc) is 2.40. The van der Waals surface area contributed by atoms with Gasteiger partial charge in [-0.05, 0) is 43.6 Å². The molecule has 1 fully saturated rings. The molecule has 1 unspecified atom stereocenters. The maximum absolute atomic E-state index is 11.2. The van der Waals surface area contributed by atoms with Crippen LogP contribution in [0, 0.1) is 5.92 Å². The summed E-state index contributed by atoms with van der Waals surface area (Å²) in [4.78, 5) is 13.5. The highest BCUT2D eigenvalue weighted by Gasteiger charge is 2.27. The van der Waals surface area contributed by atoms with Gasteiger partial charge in [0.2, 0.25) is 5.91 Å². The van der Waals surface area contributed by atoms with E-state index in [1.807, 2.05) is 12.1 Å². The Balaban J connectivity index is 2.05. The standard InChI is InChI=1S/C14H20BrN3O/c15-12-3-1-2-11(8-12)13(9-16)18-6-4-10(5-7-18)14(17)19/h1-3,8,10,13H,4-7,9,16H2,(H2,17,19). The van der Waals surface area contributed by atoms with Gasteiger partial charge in [-0.15, -0.1) is 0 Å². The van der Waals surface area contributed by atoms with Crippen LogP contribution in [0.15, 0.2) is 28.7 Å². The number of amides is 1. The van der Waals surface area contributed by atoms with E-state index in [4.69, 9.17) is 11.5 Å². The number of rotatable bonds is 4. The number of likely N-dealkylation sites (tertiary alicyclic amines) is 1. The van der Waals surface area contributed by atoms with E-state index in [0.717, 1.165) is 30.4 Å². The molecular formula is C14H20BrN3O. The zero-order chi connectivity index (χ0) is 13.8. The molecule has 1 atom stereocenters. The summed E-state index contributed by atoms with van der Waals surface area (Å²) >= 11 is 3.49. The third-order valence-corrected chi connectivity index (χ3v) is 4.32. The second kappa shape index (κ2) is 6.50. The summed E-state index contributed by atoms with van der Waals surface area (Å²) in [5.41, 5.74) is 12.5. The molecular weight excluding hydrogens is 306 g/mol. The molecule has 1 aromatic rings. The topological polar surface area (TPSA) is 72.3 Å². The molecule has 1 amide bonds. The maximum Gasteiger partial charge on any atom is 0.220 e. The first-order chi connectivity index (χ1) is 9.11. The molecule has 0 aromatic heterocycles. The summed E-state index contributed by atoms with van der Waals surface area (Å²) in [5, 5.41) is 0. The van der Waals surface area contributed by atoms with Crippen molar-refractivity contribution in [2.45, 2.75) is 18.9 Å². The fourth-order valence-electron chi connectivity index (χ4n) is 2.71. The normalized spacial score (nSPS) is 19.3. The number of primary amides is 1. The summed E-state index contributed by atoms with van der Waals surface area (Å²) in [6, 6.07) is 8.46. The molecule has 0 aliphatic carbocycles. The average molecular weight is 326 g/mol. The molecule has 4 N–H and O–H groups in total. The van der Waals surface area contributed by atoms with Gasteiger partial charge in [-0.2, -0.15) is 0 Å². The first-order valence-electron chi connectivity index (χ1n) is 6.60. The van der Waals surface area contributed by atoms with Crippen molar-refractivity contribution in [3.05, 3.63) is 34.3 Å². The van der Waals surface area contributed by atoms with Gasteiger partial charge in [-0.25, -0.2) is 0 Å². The lowest BCUT2D eigenvalue weighted by atomic mass is 9.94. The van der Waals surface area contributed by atoms with Crippen molar-refractivity contribution in [2.24, 2.45) is 17.4 Å². The number of carbonyl (C=O) groups excluding carboxylic acids is 1. The van der Waals surface area contributed by atoms with E-state index in [-0.39, 0.29) is 17.9 Å². The van der Waals surface area contributed by atoms with Crippen LogP contribution < -0.4 is 11.5 Å². The number of hydrogen-bond acceptors (Lipinski definition) is 3. The highest BCUT2D eigenvalue weighted by Crippen LogP contribution is 2.27. The molecule has 0 bridgehead atoms. The number of halogens is 1. The van der Waals surface area contributed by atoms with Crippen molar-refractivity contribution >= 4 is 21.8 Å². The smallest absolute Gasteiger partial charge is 0.220 e. The van der Waals surface area contributed by atoms with Crippen LogP contribution in [0.3, 0.4) is 0 Å². The molecule has 0 radical (unpaired) electrons. The number of piperidine rings is 1. The zero-order valence-electron chi connectivity index (χ0n) is 10.9. The van der Waals surface area contributed by atoms with Gasteiger partial charge in [-0.1, -0.05) is 28.1 Å². The highest BCUT2D eigenvalue weighted by atomic mass is 79.9. The van der Waals surface area contributed by atoms with Crippen LogP contribution in [0.25, 0.3) is 0 Å².